The summed E-state index contributed by atoms with van der Waals surface area (Å²) in [6, 6.07) is 7.95. The van der Waals surface area contributed by atoms with Crippen molar-refractivity contribution in [3.63, 3.8) is 0 Å². The Balaban J connectivity index is 1.89. The monoisotopic (exact) mass is 290 g/mol. The average molecular weight is 290 g/mol. The second-order valence-corrected chi connectivity index (χ2v) is 5.77. The van der Waals surface area contributed by atoms with Crippen molar-refractivity contribution >= 4 is 11.6 Å². The highest BCUT2D eigenvalue weighted by molar-refractivity contribution is 5.95. The summed E-state index contributed by atoms with van der Waals surface area (Å²) in [5.41, 5.74) is 0.800. The van der Waals surface area contributed by atoms with E-state index in [9.17, 15) is 4.79 Å². The van der Waals surface area contributed by atoms with Crippen molar-refractivity contribution in [3.05, 3.63) is 24.3 Å². The van der Waals surface area contributed by atoms with Gasteiger partial charge >= 0.3 is 0 Å². The molecule has 1 aromatic carbocycles. The topological polar surface area (TPSA) is 50.4 Å². The highest BCUT2D eigenvalue weighted by Crippen LogP contribution is 2.19. The molecule has 0 spiro atoms. The summed E-state index contributed by atoms with van der Waals surface area (Å²) >= 11 is 0. The first-order valence-electron chi connectivity index (χ1n) is 7.99. The van der Waals surface area contributed by atoms with Crippen molar-refractivity contribution in [2.24, 2.45) is 0 Å². The number of carbonyl (C=O) groups excluding carboxylic acids is 1. The maximum atomic E-state index is 12.3. The van der Waals surface area contributed by atoms with Crippen molar-refractivity contribution in [1.29, 1.82) is 0 Å². The van der Waals surface area contributed by atoms with Crippen molar-refractivity contribution in [3.8, 4) is 5.75 Å². The van der Waals surface area contributed by atoms with Gasteiger partial charge in [-0.05, 0) is 44.7 Å². The van der Waals surface area contributed by atoms with Gasteiger partial charge in [-0.3, -0.25) is 4.79 Å². The third-order valence-electron chi connectivity index (χ3n) is 3.80. The van der Waals surface area contributed by atoms with Gasteiger partial charge in [0.2, 0.25) is 5.91 Å². The van der Waals surface area contributed by atoms with Crippen LogP contribution in [-0.2, 0) is 4.79 Å². The largest absolute Gasteiger partial charge is 0.494 e. The maximum Gasteiger partial charge on any atom is 0.241 e. The minimum absolute atomic E-state index is 0.0484. The number of ether oxygens (including phenoxy) is 1. The first-order valence-corrected chi connectivity index (χ1v) is 7.99. The lowest BCUT2D eigenvalue weighted by molar-refractivity contribution is -0.118. The molecule has 116 valence electrons. The molecule has 1 heterocycles. The third-order valence-corrected chi connectivity index (χ3v) is 3.80. The van der Waals surface area contributed by atoms with Crippen LogP contribution in [0.3, 0.4) is 0 Å². The van der Waals surface area contributed by atoms with Crippen LogP contribution in [0.15, 0.2) is 24.3 Å². The summed E-state index contributed by atoms with van der Waals surface area (Å²) in [7, 11) is 0. The van der Waals surface area contributed by atoms with Crippen LogP contribution in [0.1, 0.15) is 46.0 Å². The molecular weight excluding hydrogens is 264 g/mol. The number of anilines is 1. The lowest BCUT2D eigenvalue weighted by atomic mass is 9.99. The number of hydrogen-bond donors (Lipinski definition) is 2. The first kappa shape index (κ1) is 15.8. The van der Waals surface area contributed by atoms with Gasteiger partial charge in [0.1, 0.15) is 5.75 Å². The van der Waals surface area contributed by atoms with Crippen LogP contribution in [-0.4, -0.2) is 24.6 Å². The van der Waals surface area contributed by atoms with Gasteiger partial charge in [-0.2, -0.15) is 0 Å². The summed E-state index contributed by atoms with van der Waals surface area (Å²) in [6.07, 6.45) is 5.31. The number of piperidine rings is 1. The molecule has 0 bridgehead atoms. The molecule has 4 heteroatoms. The molecule has 2 N–H and O–H groups in total. The normalized spacial score (nSPS) is 21.8. The van der Waals surface area contributed by atoms with E-state index in [0.29, 0.717) is 6.04 Å². The molecule has 2 unspecified atom stereocenters. The standard InChI is InChI=1S/C17H26N2O2/c1-3-4-11-21-15-9-6-8-14(12-15)19-17(20)16-10-5-7-13(2)18-16/h6,8-9,12-13,16,18H,3-5,7,10-11H2,1-2H3,(H,19,20). The minimum Gasteiger partial charge on any atom is -0.494 e. The molecule has 0 aromatic heterocycles. The van der Waals surface area contributed by atoms with Gasteiger partial charge in [0.15, 0.2) is 0 Å². The zero-order valence-electron chi connectivity index (χ0n) is 13.0. The lowest BCUT2D eigenvalue weighted by Gasteiger charge is -2.27. The second kappa shape index (κ2) is 8.03. The Morgan fingerprint density at radius 1 is 1.43 bits per heavy atom. The Morgan fingerprint density at radius 2 is 2.29 bits per heavy atom. The molecular formula is C17H26N2O2. The molecule has 2 rings (SSSR count). The van der Waals surface area contributed by atoms with Gasteiger partial charge in [0, 0.05) is 17.8 Å². The Morgan fingerprint density at radius 3 is 3.05 bits per heavy atom. The van der Waals surface area contributed by atoms with Gasteiger partial charge in [-0.25, -0.2) is 0 Å². The highest BCUT2D eigenvalue weighted by Gasteiger charge is 2.24. The molecule has 1 saturated heterocycles. The van der Waals surface area contributed by atoms with E-state index in [1.54, 1.807) is 0 Å². The Bertz CT molecular complexity index is 462. The van der Waals surface area contributed by atoms with Crippen molar-refractivity contribution < 1.29 is 9.53 Å². The molecule has 2 atom stereocenters. The number of benzene rings is 1. The Labute approximate surface area is 127 Å². The molecule has 1 aliphatic rings. The zero-order valence-corrected chi connectivity index (χ0v) is 13.0. The van der Waals surface area contributed by atoms with Gasteiger partial charge in [-0.1, -0.05) is 19.4 Å². The van der Waals surface area contributed by atoms with E-state index < -0.39 is 0 Å². The SMILES string of the molecule is CCCCOc1cccc(NC(=O)C2CCCC(C)N2)c1. The third kappa shape index (κ3) is 5.05. The molecule has 21 heavy (non-hydrogen) atoms. The molecule has 0 radical (unpaired) electrons. The summed E-state index contributed by atoms with van der Waals surface area (Å²) in [6.45, 7) is 4.98. The Kier molecular flexibility index (Phi) is 6.05. The van der Waals surface area contributed by atoms with Crippen LogP contribution < -0.4 is 15.4 Å². The van der Waals surface area contributed by atoms with E-state index in [-0.39, 0.29) is 11.9 Å². The molecule has 1 amide bonds. The zero-order chi connectivity index (χ0) is 15.1. The predicted molar refractivity (Wildman–Crippen MR) is 85.7 cm³/mol. The fourth-order valence-electron chi connectivity index (χ4n) is 2.57. The summed E-state index contributed by atoms with van der Waals surface area (Å²) in [5, 5.41) is 6.33. The number of hydrogen-bond acceptors (Lipinski definition) is 3. The van der Waals surface area contributed by atoms with Crippen LogP contribution in [0.2, 0.25) is 0 Å². The molecule has 1 fully saturated rings. The first-order chi connectivity index (χ1) is 10.2. The number of amides is 1. The number of nitrogens with one attached hydrogen (secondary N) is 2. The van der Waals surface area contributed by atoms with Crippen LogP contribution >= 0.6 is 0 Å². The van der Waals surface area contributed by atoms with Gasteiger partial charge in [-0.15, -0.1) is 0 Å². The molecule has 4 nitrogen and oxygen atoms in total. The molecule has 1 aliphatic heterocycles. The second-order valence-electron chi connectivity index (χ2n) is 5.77. The number of carbonyl (C=O) groups is 1. The molecule has 1 aromatic rings. The van der Waals surface area contributed by atoms with Crippen LogP contribution in [0, 0.1) is 0 Å². The maximum absolute atomic E-state index is 12.3. The Hall–Kier alpha value is -1.55. The lowest BCUT2D eigenvalue weighted by Crippen LogP contribution is -2.47. The molecule has 0 aliphatic carbocycles. The molecule has 0 saturated carbocycles. The fourth-order valence-corrected chi connectivity index (χ4v) is 2.57. The van der Waals surface area contributed by atoms with Gasteiger partial charge in [0.25, 0.3) is 0 Å². The van der Waals surface area contributed by atoms with Crippen LogP contribution in [0.5, 0.6) is 5.75 Å². The average Bonchev–Trinajstić information content (AvgIpc) is 2.48. The van der Waals surface area contributed by atoms with E-state index >= 15 is 0 Å². The van der Waals surface area contributed by atoms with E-state index in [2.05, 4.69) is 24.5 Å². The van der Waals surface area contributed by atoms with E-state index in [1.807, 2.05) is 24.3 Å². The van der Waals surface area contributed by atoms with Gasteiger partial charge < -0.3 is 15.4 Å². The van der Waals surface area contributed by atoms with Crippen molar-refractivity contribution in [1.82, 2.24) is 5.32 Å². The quantitative estimate of drug-likeness (QED) is 0.790. The summed E-state index contributed by atoms with van der Waals surface area (Å²) < 4.78 is 5.66. The number of rotatable bonds is 6. The van der Waals surface area contributed by atoms with Crippen LogP contribution in [0.25, 0.3) is 0 Å². The summed E-state index contributed by atoms with van der Waals surface area (Å²) in [5.74, 6) is 0.860. The van der Waals surface area contributed by atoms with Crippen molar-refractivity contribution in [2.75, 3.05) is 11.9 Å². The smallest absolute Gasteiger partial charge is 0.241 e. The summed E-state index contributed by atoms with van der Waals surface area (Å²) in [4.78, 5) is 12.3. The van der Waals surface area contributed by atoms with Gasteiger partial charge in [0.05, 0.1) is 12.6 Å². The minimum atomic E-state index is -0.0848. The van der Waals surface area contributed by atoms with E-state index in [1.165, 1.54) is 0 Å². The number of unbranched alkanes of at least 4 members (excludes halogenated alkanes) is 1. The fraction of sp³-hybridized carbons (Fsp3) is 0.588. The van der Waals surface area contributed by atoms with E-state index in [4.69, 9.17) is 4.74 Å². The predicted octanol–water partition coefficient (Wildman–Crippen LogP) is 3.33. The van der Waals surface area contributed by atoms with Crippen LogP contribution in [0.4, 0.5) is 5.69 Å². The van der Waals surface area contributed by atoms with Crippen molar-refractivity contribution in [2.45, 2.75) is 58.0 Å². The highest BCUT2D eigenvalue weighted by atomic mass is 16.5. The van der Waals surface area contributed by atoms with E-state index in [0.717, 1.165) is 50.1 Å².